The standard InChI is InChI=1S/C12H20N2O3S/c1-4-13-11-5-7-12(8-6-11)18(15,16)14-9-10(2)17-3/h5-8,10,13-14H,4,9H2,1-3H3. The molecular formula is C12H20N2O3S. The number of ether oxygens (including phenoxy) is 1. The van der Waals surface area contributed by atoms with Gasteiger partial charge in [-0.15, -0.1) is 0 Å². The molecule has 102 valence electrons. The van der Waals surface area contributed by atoms with E-state index in [4.69, 9.17) is 4.74 Å². The molecule has 0 aliphatic carbocycles. The average Bonchev–Trinajstić information content (AvgIpc) is 2.37. The predicted molar refractivity (Wildman–Crippen MR) is 72.3 cm³/mol. The molecule has 0 fully saturated rings. The normalized spacial score (nSPS) is 13.3. The number of hydrogen-bond acceptors (Lipinski definition) is 4. The van der Waals surface area contributed by atoms with Crippen molar-refractivity contribution in [3.8, 4) is 0 Å². The van der Waals surface area contributed by atoms with Crippen LogP contribution in [0.1, 0.15) is 13.8 Å². The molecule has 1 unspecified atom stereocenters. The second-order valence-corrected chi connectivity index (χ2v) is 5.72. The first-order chi connectivity index (χ1) is 8.49. The van der Waals surface area contributed by atoms with E-state index in [2.05, 4.69) is 10.0 Å². The van der Waals surface area contributed by atoms with Gasteiger partial charge >= 0.3 is 0 Å². The third-order valence-corrected chi connectivity index (χ3v) is 3.95. The van der Waals surface area contributed by atoms with E-state index in [1.54, 1.807) is 38.3 Å². The van der Waals surface area contributed by atoms with Crippen LogP contribution in [0.15, 0.2) is 29.2 Å². The third kappa shape index (κ3) is 4.29. The second kappa shape index (κ2) is 6.72. The van der Waals surface area contributed by atoms with Gasteiger partial charge in [-0.3, -0.25) is 0 Å². The van der Waals surface area contributed by atoms with Gasteiger partial charge in [-0.2, -0.15) is 0 Å². The molecule has 0 spiro atoms. The Labute approximate surface area is 109 Å². The molecule has 1 atom stereocenters. The van der Waals surface area contributed by atoms with Crippen molar-refractivity contribution in [3.63, 3.8) is 0 Å². The smallest absolute Gasteiger partial charge is 0.240 e. The lowest BCUT2D eigenvalue weighted by molar-refractivity contribution is 0.122. The molecule has 1 aromatic carbocycles. The molecule has 2 N–H and O–H groups in total. The van der Waals surface area contributed by atoms with Crippen molar-refractivity contribution in [1.82, 2.24) is 4.72 Å². The lowest BCUT2D eigenvalue weighted by Gasteiger charge is -2.11. The van der Waals surface area contributed by atoms with Crippen LogP contribution in [0.4, 0.5) is 5.69 Å². The van der Waals surface area contributed by atoms with Crippen molar-refractivity contribution < 1.29 is 13.2 Å². The lowest BCUT2D eigenvalue weighted by atomic mass is 10.3. The number of benzene rings is 1. The van der Waals surface area contributed by atoms with Gasteiger partial charge in [-0.1, -0.05) is 0 Å². The van der Waals surface area contributed by atoms with Crippen molar-refractivity contribution in [2.24, 2.45) is 0 Å². The summed E-state index contributed by atoms with van der Waals surface area (Å²) in [5, 5.41) is 3.11. The topological polar surface area (TPSA) is 67.4 Å². The molecule has 0 bridgehead atoms. The molecule has 0 radical (unpaired) electrons. The number of sulfonamides is 1. The van der Waals surface area contributed by atoms with Crippen LogP contribution in [0.3, 0.4) is 0 Å². The summed E-state index contributed by atoms with van der Waals surface area (Å²) in [6.07, 6.45) is -0.152. The Balaban J connectivity index is 2.72. The van der Waals surface area contributed by atoms with E-state index in [1.165, 1.54) is 0 Å². The van der Waals surface area contributed by atoms with Crippen LogP contribution in [0, 0.1) is 0 Å². The van der Waals surface area contributed by atoms with E-state index in [-0.39, 0.29) is 17.5 Å². The fraction of sp³-hybridized carbons (Fsp3) is 0.500. The zero-order valence-electron chi connectivity index (χ0n) is 10.9. The summed E-state index contributed by atoms with van der Waals surface area (Å²) in [6, 6.07) is 6.66. The minimum Gasteiger partial charge on any atom is -0.385 e. The number of nitrogens with one attached hydrogen (secondary N) is 2. The molecule has 0 saturated carbocycles. The van der Waals surface area contributed by atoms with Gasteiger partial charge in [0.15, 0.2) is 0 Å². The van der Waals surface area contributed by atoms with Crippen molar-refractivity contribution in [2.75, 3.05) is 25.5 Å². The summed E-state index contributed by atoms with van der Waals surface area (Å²) in [5.74, 6) is 0. The van der Waals surface area contributed by atoms with Gasteiger partial charge in [0, 0.05) is 25.9 Å². The maximum absolute atomic E-state index is 11.9. The Morgan fingerprint density at radius 1 is 1.28 bits per heavy atom. The van der Waals surface area contributed by atoms with Crippen molar-refractivity contribution in [3.05, 3.63) is 24.3 Å². The fourth-order valence-corrected chi connectivity index (χ4v) is 2.46. The molecule has 0 heterocycles. The Bertz CT molecular complexity index is 457. The lowest BCUT2D eigenvalue weighted by Crippen LogP contribution is -2.31. The van der Waals surface area contributed by atoms with Gasteiger partial charge in [0.05, 0.1) is 11.0 Å². The molecule has 0 aliphatic rings. The van der Waals surface area contributed by atoms with Crippen LogP contribution in [0.2, 0.25) is 0 Å². The van der Waals surface area contributed by atoms with E-state index in [1.807, 2.05) is 6.92 Å². The molecule has 6 heteroatoms. The number of hydrogen-bond donors (Lipinski definition) is 2. The van der Waals surface area contributed by atoms with Gasteiger partial charge in [-0.05, 0) is 38.1 Å². The average molecular weight is 272 g/mol. The molecule has 1 aromatic rings. The van der Waals surface area contributed by atoms with E-state index < -0.39 is 10.0 Å². The molecule has 1 rings (SSSR count). The Hall–Kier alpha value is -1.11. The van der Waals surface area contributed by atoms with E-state index in [0.29, 0.717) is 0 Å². The molecule has 0 amide bonds. The predicted octanol–water partition coefficient (Wildman–Crippen LogP) is 1.43. The quantitative estimate of drug-likeness (QED) is 0.788. The highest BCUT2D eigenvalue weighted by atomic mass is 32.2. The highest BCUT2D eigenvalue weighted by Gasteiger charge is 2.14. The molecule has 0 aromatic heterocycles. The summed E-state index contributed by atoms with van der Waals surface area (Å²) in [6.45, 7) is 4.85. The maximum atomic E-state index is 11.9. The van der Waals surface area contributed by atoms with Gasteiger partial charge < -0.3 is 10.1 Å². The Kier molecular flexibility index (Phi) is 5.58. The third-order valence-electron chi connectivity index (χ3n) is 2.51. The van der Waals surface area contributed by atoms with Gasteiger partial charge in [-0.25, -0.2) is 13.1 Å². The van der Waals surface area contributed by atoms with Crippen LogP contribution < -0.4 is 10.0 Å². The molecule has 0 saturated heterocycles. The van der Waals surface area contributed by atoms with E-state index >= 15 is 0 Å². The van der Waals surface area contributed by atoms with Gasteiger partial charge in [0.1, 0.15) is 0 Å². The summed E-state index contributed by atoms with van der Waals surface area (Å²) in [7, 11) is -1.91. The number of anilines is 1. The summed E-state index contributed by atoms with van der Waals surface area (Å²) < 4.78 is 31.4. The highest BCUT2D eigenvalue weighted by molar-refractivity contribution is 7.89. The van der Waals surface area contributed by atoms with Crippen LogP contribution >= 0.6 is 0 Å². The first-order valence-electron chi connectivity index (χ1n) is 5.86. The molecule has 0 aliphatic heterocycles. The van der Waals surface area contributed by atoms with Crippen molar-refractivity contribution >= 4 is 15.7 Å². The van der Waals surface area contributed by atoms with Crippen LogP contribution in [-0.2, 0) is 14.8 Å². The van der Waals surface area contributed by atoms with Crippen molar-refractivity contribution in [2.45, 2.75) is 24.8 Å². The zero-order valence-corrected chi connectivity index (χ0v) is 11.8. The second-order valence-electron chi connectivity index (χ2n) is 3.95. The van der Waals surface area contributed by atoms with Crippen LogP contribution in [-0.4, -0.2) is 34.7 Å². The highest BCUT2D eigenvalue weighted by Crippen LogP contribution is 2.13. The molecular weight excluding hydrogens is 252 g/mol. The van der Waals surface area contributed by atoms with E-state index in [9.17, 15) is 8.42 Å². The van der Waals surface area contributed by atoms with Crippen LogP contribution in [0.5, 0.6) is 0 Å². The SMILES string of the molecule is CCNc1ccc(S(=O)(=O)NCC(C)OC)cc1. The van der Waals surface area contributed by atoms with Crippen LogP contribution in [0.25, 0.3) is 0 Å². The van der Waals surface area contributed by atoms with Gasteiger partial charge in [0.2, 0.25) is 10.0 Å². The number of methoxy groups -OCH3 is 1. The summed E-state index contributed by atoms with van der Waals surface area (Å²) in [4.78, 5) is 0.257. The first-order valence-corrected chi connectivity index (χ1v) is 7.34. The number of rotatable bonds is 7. The largest absolute Gasteiger partial charge is 0.385 e. The van der Waals surface area contributed by atoms with E-state index in [0.717, 1.165) is 12.2 Å². The monoisotopic (exact) mass is 272 g/mol. The van der Waals surface area contributed by atoms with Crippen molar-refractivity contribution in [1.29, 1.82) is 0 Å². The van der Waals surface area contributed by atoms with Gasteiger partial charge in [0.25, 0.3) is 0 Å². The fourth-order valence-electron chi connectivity index (χ4n) is 1.35. The Morgan fingerprint density at radius 3 is 2.39 bits per heavy atom. The summed E-state index contributed by atoms with van der Waals surface area (Å²) >= 11 is 0. The summed E-state index contributed by atoms with van der Waals surface area (Å²) in [5.41, 5.74) is 0.904. The molecule has 18 heavy (non-hydrogen) atoms. The Morgan fingerprint density at radius 2 is 1.89 bits per heavy atom. The first kappa shape index (κ1) is 14.9. The molecule has 5 nitrogen and oxygen atoms in total. The minimum absolute atomic E-state index is 0.152. The zero-order chi connectivity index (χ0) is 13.6. The minimum atomic E-state index is -3.45. The maximum Gasteiger partial charge on any atom is 0.240 e.